The van der Waals surface area contributed by atoms with Gasteiger partial charge in [-0.25, -0.2) is 9.78 Å². The largest absolute Gasteiger partial charge is 0.497 e. The van der Waals surface area contributed by atoms with Gasteiger partial charge in [0.15, 0.2) is 5.13 Å². The first kappa shape index (κ1) is 26.9. The summed E-state index contributed by atoms with van der Waals surface area (Å²) in [5.74, 6) is -0.217. The maximum atomic E-state index is 13.0. The highest BCUT2D eigenvalue weighted by atomic mass is 32.1. The molecule has 38 heavy (non-hydrogen) atoms. The lowest BCUT2D eigenvalue weighted by Crippen LogP contribution is -2.50. The van der Waals surface area contributed by atoms with Crippen LogP contribution in [0, 0.1) is 0 Å². The van der Waals surface area contributed by atoms with E-state index in [4.69, 9.17) is 9.47 Å². The summed E-state index contributed by atoms with van der Waals surface area (Å²) in [6.45, 7) is 7.65. The first-order valence-corrected chi connectivity index (χ1v) is 12.9. The minimum atomic E-state index is -0.551. The smallest absolute Gasteiger partial charge is 0.410 e. The number of aromatic nitrogens is 2. The van der Waals surface area contributed by atoms with E-state index < -0.39 is 11.5 Å². The molecule has 1 fully saturated rings. The van der Waals surface area contributed by atoms with Crippen LogP contribution in [0.1, 0.15) is 41.6 Å². The number of benzene rings is 1. The molecule has 1 saturated heterocycles. The van der Waals surface area contributed by atoms with Gasteiger partial charge in [-0.2, -0.15) is 0 Å². The van der Waals surface area contributed by atoms with Gasteiger partial charge in [-0.1, -0.05) is 6.07 Å². The van der Waals surface area contributed by atoms with Gasteiger partial charge in [-0.3, -0.25) is 19.9 Å². The molecule has 1 aliphatic rings. The summed E-state index contributed by atoms with van der Waals surface area (Å²) in [5, 5.41) is 7.45. The van der Waals surface area contributed by atoms with Crippen molar-refractivity contribution in [3.63, 3.8) is 0 Å². The van der Waals surface area contributed by atoms with E-state index in [9.17, 15) is 14.4 Å². The Morgan fingerprint density at radius 3 is 2.50 bits per heavy atom. The number of nitrogens with zero attached hydrogens (tertiary/aromatic N) is 4. The monoisotopic (exact) mass is 538 g/mol. The van der Waals surface area contributed by atoms with Crippen molar-refractivity contribution in [1.29, 1.82) is 0 Å². The fraction of sp³-hybridized carbons (Fsp3) is 0.346. The molecule has 0 atom stereocenters. The first-order valence-electron chi connectivity index (χ1n) is 12.0. The number of carbonyl (C=O) groups is 3. The van der Waals surface area contributed by atoms with Gasteiger partial charge in [0.05, 0.1) is 24.7 Å². The quantitative estimate of drug-likeness (QED) is 0.480. The van der Waals surface area contributed by atoms with E-state index in [-0.39, 0.29) is 17.7 Å². The van der Waals surface area contributed by atoms with Crippen molar-refractivity contribution in [2.75, 3.05) is 48.8 Å². The zero-order chi connectivity index (χ0) is 27.3. The average molecular weight is 539 g/mol. The number of rotatable bonds is 6. The topological polar surface area (TPSA) is 126 Å². The molecule has 4 rings (SSSR count). The van der Waals surface area contributed by atoms with Gasteiger partial charge in [0.2, 0.25) is 0 Å². The Kier molecular flexibility index (Phi) is 8.10. The van der Waals surface area contributed by atoms with Crippen molar-refractivity contribution in [2.45, 2.75) is 26.4 Å². The Balaban J connectivity index is 1.38. The van der Waals surface area contributed by atoms with Crippen molar-refractivity contribution >= 4 is 45.8 Å². The Bertz CT molecular complexity index is 1310. The molecule has 1 aliphatic heterocycles. The van der Waals surface area contributed by atoms with Gasteiger partial charge in [-0.05, 0) is 45.0 Å². The molecule has 200 valence electrons. The molecule has 12 heteroatoms. The number of methoxy groups -OCH3 is 1. The van der Waals surface area contributed by atoms with Gasteiger partial charge in [0.25, 0.3) is 11.8 Å². The molecule has 1 aromatic carbocycles. The average Bonchev–Trinajstić information content (AvgIpc) is 3.37. The van der Waals surface area contributed by atoms with E-state index >= 15 is 0 Å². The lowest BCUT2D eigenvalue weighted by molar-refractivity contribution is 0.0240. The Labute approximate surface area is 224 Å². The fourth-order valence-electron chi connectivity index (χ4n) is 3.77. The highest BCUT2D eigenvalue weighted by Gasteiger charge is 2.27. The van der Waals surface area contributed by atoms with Crippen LogP contribution in [0.3, 0.4) is 0 Å². The van der Waals surface area contributed by atoms with E-state index in [1.54, 1.807) is 46.9 Å². The van der Waals surface area contributed by atoms with Crippen molar-refractivity contribution in [3.05, 3.63) is 59.4 Å². The predicted molar refractivity (Wildman–Crippen MR) is 145 cm³/mol. The summed E-state index contributed by atoms with van der Waals surface area (Å²) in [4.78, 5) is 50.1. The third-order valence-electron chi connectivity index (χ3n) is 5.61. The van der Waals surface area contributed by atoms with Crippen LogP contribution in [0.25, 0.3) is 0 Å². The van der Waals surface area contributed by atoms with E-state index in [1.165, 1.54) is 7.11 Å². The van der Waals surface area contributed by atoms with Crippen molar-refractivity contribution in [2.24, 2.45) is 0 Å². The molecular formula is C26H30N6O5S. The number of hydrogen-bond acceptors (Lipinski definition) is 9. The molecule has 0 unspecified atom stereocenters. The molecule has 0 saturated carbocycles. The minimum absolute atomic E-state index is 0.167. The second kappa shape index (κ2) is 11.5. The van der Waals surface area contributed by atoms with Gasteiger partial charge in [-0.15, -0.1) is 11.3 Å². The normalized spacial score (nSPS) is 13.6. The summed E-state index contributed by atoms with van der Waals surface area (Å²) in [6.07, 6.45) is 2.89. The van der Waals surface area contributed by atoms with Crippen molar-refractivity contribution in [1.82, 2.24) is 14.9 Å². The third-order valence-corrected chi connectivity index (χ3v) is 6.37. The van der Waals surface area contributed by atoms with Crippen LogP contribution < -0.4 is 20.3 Å². The number of nitrogens with one attached hydrogen (secondary N) is 2. The molecular weight excluding hydrogens is 508 g/mol. The van der Waals surface area contributed by atoms with Gasteiger partial charge >= 0.3 is 6.09 Å². The number of anilines is 3. The zero-order valence-electron chi connectivity index (χ0n) is 21.7. The number of amides is 3. The minimum Gasteiger partial charge on any atom is -0.497 e. The van der Waals surface area contributed by atoms with Crippen LogP contribution in [0.4, 0.5) is 21.3 Å². The maximum absolute atomic E-state index is 13.0. The number of thiazole rings is 1. The second-order valence-electron chi connectivity index (χ2n) is 9.53. The summed E-state index contributed by atoms with van der Waals surface area (Å²) < 4.78 is 10.6. The molecule has 3 aromatic rings. The number of hydrogen-bond donors (Lipinski definition) is 2. The highest BCUT2D eigenvalue weighted by molar-refractivity contribution is 7.14. The van der Waals surface area contributed by atoms with E-state index in [2.05, 4.69) is 25.5 Å². The van der Waals surface area contributed by atoms with Gasteiger partial charge in [0, 0.05) is 43.3 Å². The lowest BCUT2D eigenvalue weighted by Gasteiger charge is -2.37. The molecule has 0 spiro atoms. The number of carbonyl (C=O) groups excluding carboxylic acids is 3. The fourth-order valence-corrected chi connectivity index (χ4v) is 4.46. The van der Waals surface area contributed by atoms with Crippen LogP contribution in [0.5, 0.6) is 5.75 Å². The van der Waals surface area contributed by atoms with Gasteiger partial charge < -0.3 is 24.6 Å². The highest BCUT2D eigenvalue weighted by Crippen LogP contribution is 2.27. The molecule has 11 nitrogen and oxygen atoms in total. The van der Waals surface area contributed by atoms with Crippen molar-refractivity contribution in [3.8, 4) is 5.75 Å². The van der Waals surface area contributed by atoms with Crippen LogP contribution in [0.2, 0.25) is 0 Å². The number of piperazine rings is 1. The summed E-state index contributed by atoms with van der Waals surface area (Å²) in [5.41, 5.74) is 1.35. The van der Waals surface area contributed by atoms with Crippen LogP contribution in [0.15, 0.2) is 48.1 Å². The van der Waals surface area contributed by atoms with E-state index in [0.717, 1.165) is 17.0 Å². The van der Waals surface area contributed by atoms with Crippen LogP contribution in [-0.2, 0) is 4.74 Å². The van der Waals surface area contributed by atoms with Crippen molar-refractivity contribution < 1.29 is 23.9 Å². The zero-order valence-corrected chi connectivity index (χ0v) is 22.5. The SMILES string of the molecule is COc1cccc(C(=O)Nc2nc(C(=O)Nc3cnccc3N3CCN(C(=O)OC(C)(C)C)CC3)cs2)c1. The lowest BCUT2D eigenvalue weighted by atomic mass is 10.2. The number of pyridine rings is 1. The van der Waals surface area contributed by atoms with E-state index in [1.807, 2.05) is 26.8 Å². The summed E-state index contributed by atoms with van der Waals surface area (Å²) in [7, 11) is 1.53. The molecule has 0 radical (unpaired) electrons. The Hall–Kier alpha value is -4.19. The standard InChI is InChI=1S/C26H30N6O5S/c1-26(2,3)37-25(35)32-12-10-31(11-13-32)21-8-9-27-15-19(21)28-23(34)20-16-38-24(29-20)30-22(33)17-6-5-7-18(14-17)36-4/h5-9,14-16H,10-13H2,1-4H3,(H,28,34)(H,29,30,33). The molecule has 0 aliphatic carbocycles. The molecule has 2 N–H and O–H groups in total. The predicted octanol–water partition coefficient (Wildman–Crippen LogP) is 4.11. The maximum Gasteiger partial charge on any atom is 0.410 e. The van der Waals surface area contributed by atoms with Gasteiger partial charge in [0.1, 0.15) is 17.0 Å². The summed E-state index contributed by atoms with van der Waals surface area (Å²) in [6, 6.07) is 8.57. The molecule has 2 aromatic heterocycles. The van der Waals surface area contributed by atoms with E-state index in [0.29, 0.717) is 48.3 Å². The molecule has 0 bridgehead atoms. The molecule has 3 heterocycles. The Morgan fingerprint density at radius 1 is 1.03 bits per heavy atom. The molecule has 3 amide bonds. The van der Waals surface area contributed by atoms with Crippen LogP contribution in [-0.4, -0.2) is 71.7 Å². The first-order chi connectivity index (χ1) is 18.1. The third kappa shape index (κ3) is 6.76. The van der Waals surface area contributed by atoms with Crippen LogP contribution >= 0.6 is 11.3 Å². The summed E-state index contributed by atoms with van der Waals surface area (Å²) >= 11 is 1.15. The number of ether oxygens (including phenoxy) is 2. The Morgan fingerprint density at radius 2 is 1.79 bits per heavy atom. The second-order valence-corrected chi connectivity index (χ2v) is 10.4.